The van der Waals surface area contributed by atoms with Gasteiger partial charge in [0.1, 0.15) is 11.5 Å². The number of nitrogens with zero attached hydrogens (tertiary/aromatic N) is 3. The molecule has 0 bridgehead atoms. The van der Waals surface area contributed by atoms with Crippen LogP contribution in [0.4, 0.5) is 5.13 Å². The highest BCUT2D eigenvalue weighted by Gasteiger charge is 2.48. The maximum Gasteiger partial charge on any atom is 0.301 e. The molecule has 1 atom stereocenters. The zero-order valence-electron chi connectivity index (χ0n) is 21.6. The SMILES string of the molecule is CCCCCOc1cccc([C@H]2C(=C(O)c3ccncc3)C(=O)C(=O)N2c2nc3c(C)cc(C)cc3s2)c1. The number of anilines is 1. The number of hydrogen-bond donors (Lipinski definition) is 1. The van der Waals surface area contributed by atoms with E-state index < -0.39 is 17.7 Å². The second-order valence-electron chi connectivity index (χ2n) is 9.46. The van der Waals surface area contributed by atoms with Gasteiger partial charge in [-0.3, -0.25) is 19.5 Å². The lowest BCUT2D eigenvalue weighted by Crippen LogP contribution is -2.29. The number of benzene rings is 2. The molecule has 8 heteroatoms. The van der Waals surface area contributed by atoms with Gasteiger partial charge in [-0.2, -0.15) is 0 Å². The fourth-order valence-electron chi connectivity index (χ4n) is 4.79. The van der Waals surface area contributed by atoms with Crippen molar-refractivity contribution in [2.75, 3.05) is 11.5 Å². The number of aliphatic hydroxyl groups excluding tert-OH is 1. The number of aromatic nitrogens is 2. The van der Waals surface area contributed by atoms with E-state index in [1.54, 1.807) is 12.1 Å². The number of amides is 1. The van der Waals surface area contributed by atoms with Crippen molar-refractivity contribution in [3.05, 3.63) is 88.8 Å². The molecule has 0 saturated carbocycles. The lowest BCUT2D eigenvalue weighted by molar-refractivity contribution is -0.132. The highest BCUT2D eigenvalue weighted by molar-refractivity contribution is 7.22. The zero-order chi connectivity index (χ0) is 26.8. The minimum atomic E-state index is -0.871. The zero-order valence-corrected chi connectivity index (χ0v) is 22.4. The standard InChI is InChI=1S/C30H29N3O4S/c1-4-5-6-14-37-22-9-7-8-21(17-22)26-24(27(34)20-10-12-31-13-11-20)28(35)29(36)33(26)30-32-25-19(3)15-18(2)16-23(25)38-30/h7-13,15-17,26,34H,4-6,14H2,1-3H3/t26-/m0/s1. The molecular formula is C30H29N3O4S. The number of Topliss-reactive ketones (excluding diaryl/α,β-unsaturated/α-hetero) is 1. The van der Waals surface area contributed by atoms with Gasteiger partial charge in [0.25, 0.3) is 5.78 Å². The smallest absolute Gasteiger partial charge is 0.301 e. The molecule has 0 radical (unpaired) electrons. The summed E-state index contributed by atoms with van der Waals surface area (Å²) >= 11 is 1.36. The third kappa shape index (κ3) is 4.79. The van der Waals surface area contributed by atoms with Gasteiger partial charge in [-0.15, -0.1) is 0 Å². The molecule has 194 valence electrons. The van der Waals surface area contributed by atoms with Crippen LogP contribution in [-0.2, 0) is 9.59 Å². The molecule has 0 spiro atoms. The highest BCUT2D eigenvalue weighted by atomic mass is 32.1. The number of aliphatic hydroxyl groups is 1. The summed E-state index contributed by atoms with van der Waals surface area (Å²) in [4.78, 5) is 37.2. The van der Waals surface area contributed by atoms with Crippen LogP contribution in [0, 0.1) is 13.8 Å². The Hall–Kier alpha value is -4.04. The minimum Gasteiger partial charge on any atom is -0.507 e. The van der Waals surface area contributed by atoms with Crippen LogP contribution in [0.2, 0.25) is 0 Å². The van der Waals surface area contributed by atoms with E-state index in [2.05, 4.69) is 11.9 Å². The summed E-state index contributed by atoms with van der Waals surface area (Å²) in [6.45, 7) is 6.70. The Morgan fingerprint density at radius 3 is 2.63 bits per heavy atom. The van der Waals surface area contributed by atoms with E-state index in [4.69, 9.17) is 9.72 Å². The van der Waals surface area contributed by atoms with Crippen molar-refractivity contribution < 1.29 is 19.4 Å². The Kier molecular flexibility index (Phi) is 7.24. The minimum absolute atomic E-state index is 0.0106. The van der Waals surface area contributed by atoms with Gasteiger partial charge in [0, 0.05) is 18.0 Å². The Morgan fingerprint density at radius 2 is 1.87 bits per heavy atom. The molecule has 7 nitrogen and oxygen atoms in total. The van der Waals surface area contributed by atoms with Crippen molar-refractivity contribution in [3.63, 3.8) is 0 Å². The molecule has 0 aliphatic carbocycles. The molecule has 2 aromatic heterocycles. The number of ketones is 1. The molecule has 4 aromatic rings. The molecule has 5 rings (SSSR count). The second kappa shape index (κ2) is 10.8. The van der Waals surface area contributed by atoms with Crippen molar-refractivity contribution in [1.29, 1.82) is 0 Å². The van der Waals surface area contributed by atoms with E-state index in [0.717, 1.165) is 40.6 Å². The summed E-state index contributed by atoms with van der Waals surface area (Å²) in [7, 11) is 0. The van der Waals surface area contributed by atoms with Crippen molar-refractivity contribution in [1.82, 2.24) is 9.97 Å². The molecule has 1 aliphatic heterocycles. The number of hydrogen-bond acceptors (Lipinski definition) is 7. The molecule has 38 heavy (non-hydrogen) atoms. The molecule has 1 saturated heterocycles. The molecule has 2 aromatic carbocycles. The third-order valence-corrected chi connectivity index (χ3v) is 7.61. The number of aryl methyl sites for hydroxylation is 2. The van der Waals surface area contributed by atoms with Crippen LogP contribution in [0.3, 0.4) is 0 Å². The van der Waals surface area contributed by atoms with Crippen LogP contribution in [0.25, 0.3) is 16.0 Å². The number of carbonyl (C=O) groups excluding carboxylic acids is 2. The van der Waals surface area contributed by atoms with Gasteiger partial charge in [0.2, 0.25) is 0 Å². The predicted octanol–water partition coefficient (Wildman–Crippen LogP) is 6.50. The molecule has 1 amide bonds. The molecule has 3 heterocycles. The maximum absolute atomic E-state index is 13.5. The lowest BCUT2D eigenvalue weighted by atomic mass is 9.95. The first-order chi connectivity index (χ1) is 18.4. The molecular weight excluding hydrogens is 498 g/mol. The van der Waals surface area contributed by atoms with Crippen LogP contribution in [-0.4, -0.2) is 33.4 Å². The van der Waals surface area contributed by atoms with Gasteiger partial charge >= 0.3 is 5.91 Å². The molecule has 1 N–H and O–H groups in total. The van der Waals surface area contributed by atoms with Crippen LogP contribution in [0.5, 0.6) is 5.75 Å². The summed E-state index contributed by atoms with van der Waals surface area (Å²) in [5.74, 6) is -1.09. The average molecular weight is 528 g/mol. The number of thiazole rings is 1. The summed E-state index contributed by atoms with van der Waals surface area (Å²) in [5, 5.41) is 11.7. The molecule has 1 fully saturated rings. The van der Waals surface area contributed by atoms with E-state index in [9.17, 15) is 14.7 Å². The lowest BCUT2D eigenvalue weighted by Gasteiger charge is -2.23. The van der Waals surface area contributed by atoms with Gasteiger partial charge in [0.05, 0.1) is 28.4 Å². The van der Waals surface area contributed by atoms with Crippen molar-refractivity contribution in [2.45, 2.75) is 46.1 Å². The second-order valence-corrected chi connectivity index (χ2v) is 10.5. The Balaban J connectivity index is 1.65. The normalized spacial score (nSPS) is 16.9. The van der Waals surface area contributed by atoms with Crippen molar-refractivity contribution in [3.8, 4) is 5.75 Å². The monoisotopic (exact) mass is 527 g/mol. The fourth-order valence-corrected chi connectivity index (χ4v) is 5.96. The van der Waals surface area contributed by atoms with Gasteiger partial charge in [0.15, 0.2) is 5.13 Å². The van der Waals surface area contributed by atoms with Gasteiger partial charge in [-0.25, -0.2) is 4.98 Å². The Bertz CT molecular complexity index is 1540. The number of unbranched alkanes of at least 4 members (excludes halogenated alkanes) is 2. The summed E-state index contributed by atoms with van der Waals surface area (Å²) in [6.07, 6.45) is 6.16. The Morgan fingerprint density at radius 1 is 1.08 bits per heavy atom. The molecule has 1 aliphatic rings. The van der Waals surface area contributed by atoms with E-state index in [-0.39, 0.29) is 11.3 Å². The first-order valence-electron chi connectivity index (χ1n) is 12.7. The summed E-state index contributed by atoms with van der Waals surface area (Å²) in [6, 6.07) is 13.8. The van der Waals surface area contributed by atoms with Crippen LogP contribution in [0.15, 0.2) is 66.5 Å². The van der Waals surface area contributed by atoms with Crippen LogP contribution < -0.4 is 9.64 Å². The largest absolute Gasteiger partial charge is 0.507 e. The van der Waals surface area contributed by atoms with Gasteiger partial charge in [-0.05, 0) is 67.3 Å². The fraction of sp³-hybridized carbons (Fsp3) is 0.267. The summed E-state index contributed by atoms with van der Waals surface area (Å²) in [5.41, 5.74) is 3.95. The van der Waals surface area contributed by atoms with E-state index >= 15 is 0 Å². The molecule has 0 unspecified atom stereocenters. The number of ether oxygens (including phenoxy) is 1. The van der Waals surface area contributed by atoms with E-state index in [1.165, 1.54) is 28.6 Å². The summed E-state index contributed by atoms with van der Waals surface area (Å²) < 4.78 is 6.90. The maximum atomic E-state index is 13.5. The first-order valence-corrected chi connectivity index (χ1v) is 13.5. The number of carbonyl (C=O) groups is 2. The highest BCUT2D eigenvalue weighted by Crippen LogP contribution is 2.45. The number of pyridine rings is 1. The van der Waals surface area contributed by atoms with Crippen LogP contribution >= 0.6 is 11.3 Å². The van der Waals surface area contributed by atoms with Crippen molar-refractivity contribution in [2.24, 2.45) is 0 Å². The Labute approximate surface area is 225 Å². The van der Waals surface area contributed by atoms with Gasteiger partial charge < -0.3 is 9.84 Å². The topological polar surface area (TPSA) is 92.6 Å². The van der Waals surface area contributed by atoms with Gasteiger partial charge in [-0.1, -0.05) is 49.3 Å². The first kappa shape index (κ1) is 25.6. The quantitative estimate of drug-likeness (QED) is 0.122. The van der Waals surface area contributed by atoms with Crippen LogP contribution in [0.1, 0.15) is 54.5 Å². The predicted molar refractivity (Wildman–Crippen MR) is 150 cm³/mol. The average Bonchev–Trinajstić information content (AvgIpc) is 3.45. The number of fused-ring (bicyclic) bond motifs is 1. The van der Waals surface area contributed by atoms with E-state index in [1.807, 2.05) is 50.2 Å². The number of rotatable bonds is 8. The van der Waals surface area contributed by atoms with E-state index in [0.29, 0.717) is 28.6 Å². The van der Waals surface area contributed by atoms with Crippen molar-refractivity contribution >= 4 is 44.1 Å². The third-order valence-electron chi connectivity index (χ3n) is 6.61.